The van der Waals surface area contributed by atoms with Crippen LogP contribution in [-0.4, -0.2) is 31.1 Å². The smallest absolute Gasteiger partial charge is 0.236 e. The highest BCUT2D eigenvalue weighted by molar-refractivity contribution is 6.06. The van der Waals surface area contributed by atoms with Crippen molar-refractivity contribution < 1.29 is 9.53 Å². The van der Waals surface area contributed by atoms with Gasteiger partial charge in [0.1, 0.15) is 17.1 Å². The van der Waals surface area contributed by atoms with Crippen molar-refractivity contribution in [2.24, 2.45) is 0 Å². The molecule has 0 saturated carbocycles. The van der Waals surface area contributed by atoms with Gasteiger partial charge in [0.05, 0.1) is 12.5 Å². The largest absolute Gasteiger partial charge is 0.494 e. The third kappa shape index (κ3) is 2.38. The van der Waals surface area contributed by atoms with Crippen molar-refractivity contribution in [3.63, 3.8) is 0 Å². The Morgan fingerprint density at radius 2 is 2.00 bits per heavy atom. The topological polar surface area (TPSA) is 54.5 Å². The van der Waals surface area contributed by atoms with E-state index >= 15 is 0 Å². The number of aromatic nitrogens is 1. The van der Waals surface area contributed by atoms with Crippen LogP contribution in [-0.2, 0) is 10.2 Å². The summed E-state index contributed by atoms with van der Waals surface area (Å²) in [6, 6.07) is 18.1. The molecule has 5 heteroatoms. The summed E-state index contributed by atoms with van der Waals surface area (Å²) in [6.07, 6.45) is 1.82. The molecule has 0 unspecified atom stereocenters. The molecule has 3 aromatic rings. The number of amides is 1. The molecule has 2 aromatic carbocycles. The number of piperidine rings is 1. The normalized spacial score (nSPS) is 21.4. The maximum Gasteiger partial charge on any atom is 0.236 e. The highest BCUT2D eigenvalue weighted by Gasteiger charge is 2.49. The van der Waals surface area contributed by atoms with Gasteiger partial charge in [0.15, 0.2) is 0 Å². The molecule has 1 atom stereocenters. The number of anilines is 2. The van der Waals surface area contributed by atoms with E-state index in [-0.39, 0.29) is 5.91 Å². The Labute approximate surface area is 158 Å². The predicted octanol–water partition coefficient (Wildman–Crippen LogP) is 3.73. The average Bonchev–Trinajstić information content (AvgIpc) is 2.98. The molecule has 1 spiro atoms. The molecule has 2 aliphatic heterocycles. The second-order valence-electron chi connectivity index (χ2n) is 7.31. The van der Waals surface area contributed by atoms with Crippen molar-refractivity contribution in [3.8, 4) is 5.75 Å². The number of fused-ring (bicyclic) bond motifs is 3. The lowest BCUT2D eigenvalue weighted by Gasteiger charge is -2.39. The minimum atomic E-state index is -0.494. The lowest BCUT2D eigenvalue weighted by atomic mass is 9.75. The molecule has 136 valence electrons. The summed E-state index contributed by atoms with van der Waals surface area (Å²) in [5.41, 5.74) is 2.41. The van der Waals surface area contributed by atoms with Crippen molar-refractivity contribution in [1.82, 2.24) is 4.98 Å². The predicted molar refractivity (Wildman–Crippen MR) is 106 cm³/mol. The van der Waals surface area contributed by atoms with Gasteiger partial charge in [-0.1, -0.05) is 30.3 Å². The Balaban J connectivity index is 1.56. The number of carbonyl (C=O) groups is 1. The van der Waals surface area contributed by atoms with Crippen LogP contribution >= 0.6 is 0 Å². The summed E-state index contributed by atoms with van der Waals surface area (Å²) in [6.45, 7) is 1.54. The molecular formula is C22H21N3O2. The van der Waals surface area contributed by atoms with Gasteiger partial charge in [-0.15, -0.1) is 0 Å². The summed E-state index contributed by atoms with van der Waals surface area (Å²) in [7, 11) is 1.67. The van der Waals surface area contributed by atoms with Crippen molar-refractivity contribution in [1.29, 1.82) is 0 Å². The summed E-state index contributed by atoms with van der Waals surface area (Å²) in [5, 5.41) is 4.12. The first-order valence-corrected chi connectivity index (χ1v) is 9.31. The number of para-hydroxylation sites is 2. The fraction of sp³-hybridized carbons (Fsp3) is 0.273. The Kier molecular flexibility index (Phi) is 3.57. The summed E-state index contributed by atoms with van der Waals surface area (Å²) < 4.78 is 5.48. The Bertz CT molecular complexity index is 1050. The van der Waals surface area contributed by atoms with Gasteiger partial charge < -0.3 is 15.0 Å². The number of methoxy groups -OCH3 is 1. The fourth-order valence-electron chi connectivity index (χ4n) is 4.48. The minimum Gasteiger partial charge on any atom is -0.494 e. The third-order valence-electron chi connectivity index (χ3n) is 5.83. The van der Waals surface area contributed by atoms with E-state index in [2.05, 4.69) is 22.3 Å². The van der Waals surface area contributed by atoms with Crippen molar-refractivity contribution >= 4 is 28.3 Å². The fourth-order valence-corrected chi connectivity index (χ4v) is 4.48. The van der Waals surface area contributed by atoms with Crippen LogP contribution in [0.4, 0.5) is 11.5 Å². The molecule has 1 amide bonds. The van der Waals surface area contributed by atoms with Crippen molar-refractivity contribution in [2.75, 3.05) is 30.4 Å². The highest BCUT2D eigenvalue weighted by atomic mass is 16.5. The van der Waals surface area contributed by atoms with Gasteiger partial charge in [-0.25, -0.2) is 4.98 Å². The van der Waals surface area contributed by atoms with Crippen LogP contribution in [0, 0.1) is 0 Å². The number of rotatable bonds is 2. The molecule has 1 fully saturated rings. The van der Waals surface area contributed by atoms with E-state index in [9.17, 15) is 4.79 Å². The lowest BCUT2D eigenvalue weighted by molar-refractivity contribution is -0.121. The van der Waals surface area contributed by atoms with Crippen LogP contribution in [0.15, 0.2) is 54.6 Å². The van der Waals surface area contributed by atoms with Gasteiger partial charge in [-0.2, -0.15) is 0 Å². The molecule has 0 bridgehead atoms. The maximum absolute atomic E-state index is 12.9. The van der Waals surface area contributed by atoms with Crippen LogP contribution in [0.1, 0.15) is 18.4 Å². The molecule has 27 heavy (non-hydrogen) atoms. The molecule has 5 rings (SSSR count). The van der Waals surface area contributed by atoms with E-state index < -0.39 is 5.41 Å². The molecule has 0 aliphatic carbocycles. The van der Waals surface area contributed by atoms with Crippen molar-refractivity contribution in [3.05, 3.63) is 60.2 Å². The van der Waals surface area contributed by atoms with Gasteiger partial charge in [0.25, 0.3) is 0 Å². The zero-order valence-corrected chi connectivity index (χ0v) is 15.2. The van der Waals surface area contributed by atoms with E-state index in [1.807, 2.05) is 42.5 Å². The van der Waals surface area contributed by atoms with E-state index in [0.29, 0.717) is 6.54 Å². The Morgan fingerprint density at radius 3 is 2.89 bits per heavy atom. The van der Waals surface area contributed by atoms with Crippen LogP contribution in [0.25, 0.3) is 10.9 Å². The van der Waals surface area contributed by atoms with Crippen LogP contribution in [0.5, 0.6) is 5.75 Å². The number of carbonyl (C=O) groups excluding carboxylic acids is 1. The second kappa shape index (κ2) is 5.98. The third-order valence-corrected chi connectivity index (χ3v) is 5.83. The molecule has 1 saturated heterocycles. The van der Waals surface area contributed by atoms with E-state index in [1.54, 1.807) is 7.11 Å². The number of hydrogen-bond donors (Lipinski definition) is 1. The second-order valence-corrected chi connectivity index (χ2v) is 7.31. The zero-order chi connectivity index (χ0) is 18.4. The molecule has 2 aliphatic rings. The van der Waals surface area contributed by atoms with Crippen LogP contribution in [0.3, 0.4) is 0 Å². The maximum atomic E-state index is 12.9. The zero-order valence-electron chi connectivity index (χ0n) is 15.2. The average molecular weight is 359 g/mol. The van der Waals surface area contributed by atoms with E-state index in [4.69, 9.17) is 9.72 Å². The van der Waals surface area contributed by atoms with Gasteiger partial charge in [-0.3, -0.25) is 4.79 Å². The lowest BCUT2D eigenvalue weighted by Crippen LogP contribution is -2.50. The molecule has 1 N–H and O–H groups in total. The first-order valence-electron chi connectivity index (χ1n) is 9.31. The van der Waals surface area contributed by atoms with E-state index in [1.165, 1.54) is 0 Å². The monoisotopic (exact) mass is 359 g/mol. The number of benzene rings is 2. The number of nitrogens with one attached hydrogen (secondary N) is 1. The SMILES string of the molecule is COc1cccc2ccc(N3CCC[C@@]4(C3)C(=O)Nc3ccccc34)nc12. The first-order chi connectivity index (χ1) is 13.2. The van der Waals surface area contributed by atoms with E-state index in [0.717, 1.165) is 53.1 Å². The Hall–Kier alpha value is -3.08. The number of ether oxygens (including phenoxy) is 1. The van der Waals surface area contributed by atoms with Crippen molar-refractivity contribution in [2.45, 2.75) is 18.3 Å². The number of nitrogens with zero attached hydrogens (tertiary/aromatic N) is 2. The number of pyridine rings is 1. The number of hydrogen-bond acceptors (Lipinski definition) is 4. The summed E-state index contributed by atoms with van der Waals surface area (Å²) in [5.74, 6) is 1.76. The van der Waals surface area contributed by atoms with Gasteiger partial charge in [-0.05, 0) is 42.7 Å². The summed E-state index contributed by atoms with van der Waals surface area (Å²) >= 11 is 0. The van der Waals surface area contributed by atoms with Gasteiger partial charge >= 0.3 is 0 Å². The molecular weight excluding hydrogens is 338 g/mol. The van der Waals surface area contributed by atoms with Crippen LogP contribution < -0.4 is 15.0 Å². The van der Waals surface area contributed by atoms with Gasteiger partial charge in [0.2, 0.25) is 5.91 Å². The summed E-state index contributed by atoms with van der Waals surface area (Å²) in [4.78, 5) is 20.0. The quantitative estimate of drug-likeness (QED) is 0.757. The van der Waals surface area contributed by atoms with Crippen LogP contribution in [0.2, 0.25) is 0 Å². The standard InChI is InChI=1S/C22H21N3O2/c1-27-18-9-4-6-15-10-11-19(24-20(15)18)25-13-5-12-22(14-25)16-7-2-3-8-17(16)23-21(22)26/h2-4,6-11H,5,12-14H2,1H3,(H,23,26)/t22-/m0/s1. The van der Waals surface area contributed by atoms with Gasteiger partial charge in [0, 0.05) is 24.2 Å². The molecule has 5 nitrogen and oxygen atoms in total. The first kappa shape index (κ1) is 16.1. The molecule has 3 heterocycles. The molecule has 0 radical (unpaired) electrons. The Morgan fingerprint density at radius 1 is 1.11 bits per heavy atom. The molecule has 1 aromatic heterocycles. The highest BCUT2D eigenvalue weighted by Crippen LogP contribution is 2.44. The minimum absolute atomic E-state index is 0.103.